The van der Waals surface area contributed by atoms with E-state index in [1.165, 1.54) is 5.56 Å². The van der Waals surface area contributed by atoms with E-state index in [0.717, 1.165) is 48.6 Å². The van der Waals surface area contributed by atoms with Gasteiger partial charge in [-0.1, -0.05) is 18.2 Å². The van der Waals surface area contributed by atoms with Gasteiger partial charge in [-0.05, 0) is 64.4 Å². The maximum Gasteiger partial charge on any atom is 0.253 e. The van der Waals surface area contributed by atoms with Gasteiger partial charge in [0.2, 0.25) is 0 Å². The minimum atomic E-state index is 0. The summed E-state index contributed by atoms with van der Waals surface area (Å²) < 4.78 is 2.17. The summed E-state index contributed by atoms with van der Waals surface area (Å²) in [5.41, 5.74) is 5.22. The van der Waals surface area contributed by atoms with E-state index in [1.807, 2.05) is 25.1 Å². The van der Waals surface area contributed by atoms with Crippen molar-refractivity contribution in [3.63, 3.8) is 0 Å². The number of piperidine rings is 1. The van der Waals surface area contributed by atoms with Gasteiger partial charge >= 0.3 is 0 Å². The fraction of sp³-hybridized carbons (Fsp3) is 0.421. The third kappa shape index (κ3) is 3.65. The van der Waals surface area contributed by atoms with Crippen molar-refractivity contribution in [1.29, 1.82) is 0 Å². The van der Waals surface area contributed by atoms with Crippen molar-refractivity contribution in [1.82, 2.24) is 15.2 Å². The predicted molar refractivity (Wildman–Crippen MR) is 101 cm³/mol. The summed E-state index contributed by atoms with van der Waals surface area (Å²) in [5, 5.41) is 6.51. The number of halogens is 1. The van der Waals surface area contributed by atoms with Gasteiger partial charge in [-0.3, -0.25) is 4.79 Å². The number of hydrogen-bond acceptors (Lipinski definition) is 2. The number of nitrogens with zero attached hydrogens (tertiary/aromatic N) is 1. The smallest absolute Gasteiger partial charge is 0.253 e. The van der Waals surface area contributed by atoms with E-state index in [0.29, 0.717) is 0 Å². The Hall–Kier alpha value is -1.78. The Morgan fingerprint density at radius 3 is 2.50 bits per heavy atom. The minimum absolute atomic E-state index is 0. The van der Waals surface area contributed by atoms with Crippen molar-refractivity contribution in [2.45, 2.75) is 39.7 Å². The Labute approximate surface area is 150 Å². The van der Waals surface area contributed by atoms with Crippen molar-refractivity contribution in [2.24, 2.45) is 0 Å². The zero-order chi connectivity index (χ0) is 16.4. The van der Waals surface area contributed by atoms with Gasteiger partial charge in [-0.2, -0.15) is 0 Å². The van der Waals surface area contributed by atoms with Gasteiger partial charge in [-0.15, -0.1) is 12.4 Å². The quantitative estimate of drug-likeness (QED) is 0.894. The molecule has 1 aromatic carbocycles. The number of aryl methyl sites for hydroxylation is 2. The van der Waals surface area contributed by atoms with Gasteiger partial charge in [0.1, 0.15) is 0 Å². The molecule has 5 heteroatoms. The lowest BCUT2D eigenvalue weighted by Crippen LogP contribution is -2.42. The second-order valence-electron chi connectivity index (χ2n) is 6.40. The summed E-state index contributed by atoms with van der Waals surface area (Å²) in [6.07, 6.45) is 2.00. The highest BCUT2D eigenvalue weighted by Crippen LogP contribution is 2.23. The first kappa shape index (κ1) is 18.6. The lowest BCUT2D eigenvalue weighted by Gasteiger charge is -2.23. The molecule has 0 spiro atoms. The Morgan fingerprint density at radius 1 is 1.17 bits per heavy atom. The molecular weight excluding hydrogens is 322 g/mol. The van der Waals surface area contributed by atoms with Crippen LogP contribution >= 0.6 is 12.4 Å². The summed E-state index contributed by atoms with van der Waals surface area (Å²) in [5.74, 6) is 0.0461. The predicted octanol–water partition coefficient (Wildman–Crippen LogP) is 3.31. The molecule has 4 nitrogen and oxygen atoms in total. The van der Waals surface area contributed by atoms with Gasteiger partial charge in [0.05, 0.1) is 5.56 Å². The van der Waals surface area contributed by atoms with Crippen LogP contribution in [0.5, 0.6) is 0 Å². The molecule has 2 aromatic rings. The third-order valence-electron chi connectivity index (χ3n) is 4.71. The molecule has 1 aromatic heterocycles. The molecule has 0 radical (unpaired) electrons. The first-order valence-electron chi connectivity index (χ1n) is 8.34. The van der Waals surface area contributed by atoms with E-state index >= 15 is 0 Å². The van der Waals surface area contributed by atoms with Crippen molar-refractivity contribution < 1.29 is 4.79 Å². The summed E-state index contributed by atoms with van der Waals surface area (Å²) in [6.45, 7) is 8.14. The zero-order valence-electron chi connectivity index (χ0n) is 14.6. The fourth-order valence-electron chi connectivity index (χ4n) is 3.41. The molecule has 1 aliphatic rings. The van der Waals surface area contributed by atoms with Crippen LogP contribution in [0.2, 0.25) is 0 Å². The summed E-state index contributed by atoms with van der Waals surface area (Å²) in [7, 11) is 0. The van der Waals surface area contributed by atoms with E-state index in [-0.39, 0.29) is 24.4 Å². The molecule has 0 bridgehead atoms. The Kier molecular flexibility index (Phi) is 6.08. The lowest BCUT2D eigenvalue weighted by molar-refractivity contribution is 0.0929. The lowest BCUT2D eigenvalue weighted by atomic mass is 10.1. The van der Waals surface area contributed by atoms with Crippen LogP contribution in [0.4, 0.5) is 0 Å². The number of aromatic nitrogens is 1. The van der Waals surface area contributed by atoms with Crippen molar-refractivity contribution in [3.8, 4) is 5.69 Å². The molecule has 2 N–H and O–H groups in total. The highest BCUT2D eigenvalue weighted by Gasteiger charge is 2.21. The van der Waals surface area contributed by atoms with Crippen LogP contribution in [0.1, 0.15) is 40.2 Å². The van der Waals surface area contributed by atoms with E-state index in [4.69, 9.17) is 0 Å². The first-order chi connectivity index (χ1) is 11.1. The number of rotatable bonds is 3. The van der Waals surface area contributed by atoms with Crippen LogP contribution in [0.3, 0.4) is 0 Å². The first-order valence-corrected chi connectivity index (χ1v) is 8.34. The van der Waals surface area contributed by atoms with Crippen LogP contribution in [-0.4, -0.2) is 29.6 Å². The normalized spacial score (nSPS) is 15.0. The van der Waals surface area contributed by atoms with Crippen molar-refractivity contribution in [2.75, 3.05) is 13.1 Å². The molecule has 1 aliphatic heterocycles. The summed E-state index contributed by atoms with van der Waals surface area (Å²) in [4.78, 5) is 12.7. The minimum Gasteiger partial charge on any atom is -0.349 e. The molecule has 0 unspecified atom stereocenters. The highest BCUT2D eigenvalue weighted by molar-refractivity contribution is 5.96. The molecule has 1 amide bonds. The average molecular weight is 348 g/mol. The SMILES string of the molecule is Cc1ccccc1-n1c(C)cc(C(=O)NC2CCNCC2)c1C.Cl. The molecule has 0 saturated carbocycles. The number of carbonyl (C=O) groups is 1. The zero-order valence-corrected chi connectivity index (χ0v) is 15.4. The van der Waals surface area contributed by atoms with Gasteiger partial charge in [0, 0.05) is 23.1 Å². The molecule has 1 fully saturated rings. The molecule has 3 rings (SSSR count). The van der Waals surface area contributed by atoms with Gasteiger partial charge in [-0.25, -0.2) is 0 Å². The van der Waals surface area contributed by atoms with E-state index < -0.39 is 0 Å². The second kappa shape index (κ2) is 7.86. The van der Waals surface area contributed by atoms with E-state index in [2.05, 4.69) is 41.2 Å². The maximum atomic E-state index is 12.7. The van der Waals surface area contributed by atoms with Gasteiger partial charge in [0.25, 0.3) is 5.91 Å². The van der Waals surface area contributed by atoms with Gasteiger partial charge in [0.15, 0.2) is 0 Å². The highest BCUT2D eigenvalue weighted by atomic mass is 35.5. The summed E-state index contributed by atoms with van der Waals surface area (Å²) >= 11 is 0. The standard InChI is InChI=1S/C19H25N3O.ClH/c1-13-6-4-5-7-18(13)22-14(2)12-17(15(22)3)19(23)21-16-8-10-20-11-9-16;/h4-7,12,16,20H,8-11H2,1-3H3,(H,21,23);1H. The topological polar surface area (TPSA) is 46.1 Å². The third-order valence-corrected chi connectivity index (χ3v) is 4.71. The average Bonchev–Trinajstić information content (AvgIpc) is 2.84. The Bertz CT molecular complexity index is 717. The largest absolute Gasteiger partial charge is 0.349 e. The second-order valence-corrected chi connectivity index (χ2v) is 6.40. The molecule has 0 aliphatic carbocycles. The fourth-order valence-corrected chi connectivity index (χ4v) is 3.41. The van der Waals surface area contributed by atoms with Crippen LogP contribution in [0.25, 0.3) is 5.69 Å². The molecule has 2 heterocycles. The molecule has 0 atom stereocenters. The van der Waals surface area contributed by atoms with E-state index in [9.17, 15) is 4.79 Å². The van der Waals surface area contributed by atoms with Gasteiger partial charge < -0.3 is 15.2 Å². The maximum absolute atomic E-state index is 12.7. The molecule has 24 heavy (non-hydrogen) atoms. The van der Waals surface area contributed by atoms with Crippen molar-refractivity contribution in [3.05, 3.63) is 52.8 Å². The van der Waals surface area contributed by atoms with E-state index in [1.54, 1.807) is 0 Å². The van der Waals surface area contributed by atoms with Crippen LogP contribution in [-0.2, 0) is 0 Å². The van der Waals surface area contributed by atoms with Crippen LogP contribution in [0, 0.1) is 20.8 Å². The number of nitrogens with one attached hydrogen (secondary N) is 2. The Morgan fingerprint density at radius 2 is 1.83 bits per heavy atom. The molecular formula is C19H26ClN3O. The monoisotopic (exact) mass is 347 g/mol. The number of hydrogen-bond donors (Lipinski definition) is 2. The summed E-state index contributed by atoms with van der Waals surface area (Å²) in [6, 6.07) is 10.6. The van der Waals surface area contributed by atoms with Crippen molar-refractivity contribution >= 4 is 18.3 Å². The Balaban J connectivity index is 0.00000208. The number of benzene rings is 1. The van der Waals surface area contributed by atoms with Crippen LogP contribution in [0.15, 0.2) is 30.3 Å². The molecule has 130 valence electrons. The number of amides is 1. The number of carbonyl (C=O) groups excluding carboxylic acids is 1. The van der Waals surface area contributed by atoms with Crippen LogP contribution < -0.4 is 10.6 Å². The molecule has 1 saturated heterocycles. The number of para-hydroxylation sites is 1.